The Kier molecular flexibility index (Phi) is 9.19. The average Bonchev–Trinajstić information content (AvgIpc) is 3.13. The minimum absolute atomic E-state index is 0.167. The number of piperidine rings is 2. The van der Waals surface area contributed by atoms with Gasteiger partial charge in [0, 0.05) is 36.3 Å². The van der Waals surface area contributed by atoms with Crippen LogP contribution in [0.25, 0.3) is 10.9 Å². The van der Waals surface area contributed by atoms with Gasteiger partial charge in [0.1, 0.15) is 11.6 Å². The largest absolute Gasteiger partial charge is 0.494 e. The van der Waals surface area contributed by atoms with E-state index in [1.807, 2.05) is 30.3 Å². The van der Waals surface area contributed by atoms with Crippen LogP contribution in [0, 0.1) is 5.92 Å². The van der Waals surface area contributed by atoms with Crippen LogP contribution in [0.4, 0.5) is 28.8 Å². The molecule has 2 aliphatic rings. The molecule has 248 valence electrons. The molecule has 7 rings (SSSR count). The smallest absolute Gasteiger partial charge is 0.229 e. The fourth-order valence-corrected chi connectivity index (χ4v) is 8.31. The van der Waals surface area contributed by atoms with Crippen LogP contribution in [-0.4, -0.2) is 62.6 Å². The van der Waals surface area contributed by atoms with E-state index < -0.39 is 9.84 Å². The maximum Gasteiger partial charge on any atom is 0.229 e. The van der Waals surface area contributed by atoms with E-state index in [-0.39, 0.29) is 9.79 Å². The maximum absolute atomic E-state index is 13.6. The van der Waals surface area contributed by atoms with Gasteiger partial charge in [0.15, 0.2) is 0 Å². The van der Waals surface area contributed by atoms with Crippen LogP contribution in [0.3, 0.4) is 0 Å². The SMILES string of the molecule is COc1cc(N2CCC(N3CCC(C)CC3)CC2)ccc1Nc1nc(Nc2ccccc2S(=O)(=O)c2ccccc2)c2ccccc2n1. The topological polar surface area (TPSA) is 99.7 Å². The number of anilines is 5. The molecule has 0 atom stereocenters. The Morgan fingerprint density at radius 3 is 2.23 bits per heavy atom. The molecular weight excluding hydrogens is 621 g/mol. The molecule has 4 aromatic carbocycles. The lowest BCUT2D eigenvalue weighted by atomic mass is 9.95. The predicted molar refractivity (Wildman–Crippen MR) is 193 cm³/mol. The first-order valence-corrected chi connectivity index (χ1v) is 18.2. The lowest BCUT2D eigenvalue weighted by Crippen LogP contribution is -2.47. The maximum atomic E-state index is 13.6. The van der Waals surface area contributed by atoms with Crippen molar-refractivity contribution in [2.75, 3.05) is 48.8 Å². The van der Waals surface area contributed by atoms with E-state index in [9.17, 15) is 8.42 Å². The first-order valence-electron chi connectivity index (χ1n) is 16.8. The van der Waals surface area contributed by atoms with Crippen molar-refractivity contribution >= 4 is 49.6 Å². The van der Waals surface area contributed by atoms with E-state index in [2.05, 4.69) is 39.5 Å². The molecule has 0 bridgehead atoms. The van der Waals surface area contributed by atoms with Gasteiger partial charge in [-0.3, -0.25) is 0 Å². The summed E-state index contributed by atoms with van der Waals surface area (Å²) in [5.74, 6) is 2.40. The van der Waals surface area contributed by atoms with Crippen molar-refractivity contribution < 1.29 is 13.2 Å². The van der Waals surface area contributed by atoms with Crippen molar-refractivity contribution in [3.63, 3.8) is 0 Å². The zero-order valence-corrected chi connectivity index (χ0v) is 28.3. The third-order valence-electron chi connectivity index (χ3n) is 9.68. The summed E-state index contributed by atoms with van der Waals surface area (Å²) in [5, 5.41) is 7.45. The monoisotopic (exact) mass is 662 g/mol. The Morgan fingerprint density at radius 2 is 1.46 bits per heavy atom. The Morgan fingerprint density at radius 1 is 0.750 bits per heavy atom. The van der Waals surface area contributed by atoms with Crippen molar-refractivity contribution in [1.29, 1.82) is 0 Å². The number of para-hydroxylation sites is 2. The summed E-state index contributed by atoms with van der Waals surface area (Å²) >= 11 is 0. The van der Waals surface area contributed by atoms with Gasteiger partial charge in [-0.15, -0.1) is 0 Å². The molecule has 2 fully saturated rings. The number of likely N-dealkylation sites (tertiary alicyclic amines) is 1. The van der Waals surface area contributed by atoms with Crippen LogP contribution in [0.5, 0.6) is 5.75 Å². The van der Waals surface area contributed by atoms with E-state index >= 15 is 0 Å². The molecular formula is C38H42N6O3S. The van der Waals surface area contributed by atoms with Gasteiger partial charge in [-0.25, -0.2) is 13.4 Å². The van der Waals surface area contributed by atoms with Crippen molar-refractivity contribution in [3.8, 4) is 5.75 Å². The fraction of sp³-hybridized carbons (Fsp3) is 0.316. The molecule has 2 saturated heterocycles. The van der Waals surface area contributed by atoms with E-state index in [1.54, 1.807) is 61.7 Å². The summed E-state index contributed by atoms with van der Waals surface area (Å²) in [6.07, 6.45) is 4.97. The van der Waals surface area contributed by atoms with E-state index in [1.165, 1.54) is 38.8 Å². The first-order chi connectivity index (χ1) is 23.4. The molecule has 5 aromatic rings. The number of benzene rings is 4. The average molecular weight is 663 g/mol. The van der Waals surface area contributed by atoms with E-state index in [4.69, 9.17) is 14.7 Å². The van der Waals surface area contributed by atoms with Gasteiger partial charge in [-0.2, -0.15) is 4.98 Å². The Hall–Kier alpha value is -4.67. The number of ether oxygens (including phenoxy) is 1. The summed E-state index contributed by atoms with van der Waals surface area (Å²) in [5.41, 5.74) is 3.02. The van der Waals surface area contributed by atoms with Crippen molar-refractivity contribution in [2.45, 2.75) is 48.4 Å². The molecule has 0 unspecified atom stereocenters. The standard InChI is InChI=1S/C38H42N6O3S/c1-27-18-22-43(23-19-27)28-20-24-44(25-21-28)29-16-17-33(35(26-29)47-2)41-38-40-32-13-7-6-12-31(32)37(42-38)39-34-14-8-9-15-36(34)48(45,46)30-10-4-3-5-11-30/h3-17,26-28H,18-25H2,1-2H3,(H2,39,40,41,42). The molecule has 3 heterocycles. The molecule has 0 saturated carbocycles. The Balaban J connectivity index is 1.13. The lowest BCUT2D eigenvalue weighted by molar-refractivity contribution is 0.120. The molecule has 2 aliphatic heterocycles. The molecule has 1 aromatic heterocycles. The van der Waals surface area contributed by atoms with Gasteiger partial charge >= 0.3 is 0 Å². The summed E-state index contributed by atoms with van der Waals surface area (Å²) in [7, 11) is -2.11. The quantitative estimate of drug-likeness (QED) is 0.165. The van der Waals surface area contributed by atoms with E-state index in [0.29, 0.717) is 34.8 Å². The van der Waals surface area contributed by atoms with Gasteiger partial charge in [-0.05, 0) is 93.2 Å². The third-order valence-corrected chi connectivity index (χ3v) is 11.5. The summed E-state index contributed by atoms with van der Waals surface area (Å²) in [4.78, 5) is 15.2. The fourth-order valence-electron chi connectivity index (χ4n) is 6.87. The first kappa shape index (κ1) is 31.9. The Bertz CT molecular complexity index is 1990. The van der Waals surface area contributed by atoms with Gasteiger partial charge in [0.25, 0.3) is 0 Å². The van der Waals surface area contributed by atoms with Crippen LogP contribution in [-0.2, 0) is 9.84 Å². The number of hydrogen-bond donors (Lipinski definition) is 2. The lowest BCUT2D eigenvalue weighted by Gasteiger charge is -2.42. The minimum atomic E-state index is -3.78. The molecule has 0 aliphatic carbocycles. The summed E-state index contributed by atoms with van der Waals surface area (Å²) < 4.78 is 33.1. The number of hydrogen-bond acceptors (Lipinski definition) is 9. The molecule has 0 radical (unpaired) electrons. The van der Waals surface area contributed by atoms with Crippen LogP contribution in [0.2, 0.25) is 0 Å². The van der Waals surface area contributed by atoms with Crippen LogP contribution in [0.15, 0.2) is 107 Å². The van der Waals surface area contributed by atoms with Gasteiger partial charge < -0.3 is 25.2 Å². The van der Waals surface area contributed by atoms with Gasteiger partial charge in [0.2, 0.25) is 15.8 Å². The van der Waals surface area contributed by atoms with Crippen LogP contribution >= 0.6 is 0 Å². The zero-order chi connectivity index (χ0) is 33.1. The number of nitrogens with one attached hydrogen (secondary N) is 2. The van der Waals surface area contributed by atoms with Crippen molar-refractivity contribution in [3.05, 3.63) is 97.1 Å². The summed E-state index contributed by atoms with van der Waals surface area (Å²) in [6, 6.07) is 29.9. The number of sulfone groups is 1. The molecule has 10 heteroatoms. The Labute approximate surface area is 282 Å². The minimum Gasteiger partial charge on any atom is -0.494 e. The molecule has 9 nitrogen and oxygen atoms in total. The molecule has 2 N–H and O–H groups in total. The number of fused-ring (bicyclic) bond motifs is 1. The second-order valence-corrected chi connectivity index (χ2v) is 14.7. The highest BCUT2D eigenvalue weighted by Gasteiger charge is 2.28. The van der Waals surface area contributed by atoms with Gasteiger partial charge in [-0.1, -0.05) is 49.4 Å². The molecule has 0 spiro atoms. The number of methoxy groups -OCH3 is 1. The molecule has 48 heavy (non-hydrogen) atoms. The zero-order valence-electron chi connectivity index (χ0n) is 27.5. The third kappa shape index (κ3) is 6.68. The second-order valence-electron chi connectivity index (χ2n) is 12.8. The predicted octanol–water partition coefficient (Wildman–Crippen LogP) is 7.66. The van der Waals surface area contributed by atoms with Crippen molar-refractivity contribution in [1.82, 2.24) is 14.9 Å². The highest BCUT2D eigenvalue weighted by molar-refractivity contribution is 7.91. The highest BCUT2D eigenvalue weighted by Crippen LogP contribution is 2.36. The summed E-state index contributed by atoms with van der Waals surface area (Å²) in [6.45, 7) is 6.88. The normalized spacial score (nSPS) is 16.6. The van der Waals surface area contributed by atoms with Gasteiger partial charge in [0.05, 0.1) is 33.8 Å². The number of rotatable bonds is 9. The number of aromatic nitrogens is 2. The highest BCUT2D eigenvalue weighted by atomic mass is 32.2. The van der Waals surface area contributed by atoms with E-state index in [0.717, 1.165) is 35.8 Å². The van der Waals surface area contributed by atoms with Crippen LogP contribution < -0.4 is 20.3 Å². The number of nitrogens with zero attached hydrogens (tertiary/aromatic N) is 4. The molecule has 0 amide bonds. The van der Waals surface area contributed by atoms with Crippen LogP contribution in [0.1, 0.15) is 32.6 Å². The second kappa shape index (κ2) is 13.8. The van der Waals surface area contributed by atoms with Crippen molar-refractivity contribution in [2.24, 2.45) is 5.92 Å².